The number of nitrogens with one attached hydrogen (secondary N) is 1. The van der Waals surface area contributed by atoms with Crippen molar-refractivity contribution in [2.45, 2.75) is 6.10 Å². The zero-order valence-corrected chi connectivity index (χ0v) is 7.34. The second-order valence-electron chi connectivity index (χ2n) is 2.79. The minimum atomic E-state index is -1.18. The van der Waals surface area contributed by atoms with E-state index in [1.54, 1.807) is 0 Å². The second kappa shape index (κ2) is 4.48. The van der Waals surface area contributed by atoms with E-state index in [0.717, 1.165) is 0 Å². The predicted molar refractivity (Wildman–Crippen MR) is 49.1 cm³/mol. The van der Waals surface area contributed by atoms with Crippen molar-refractivity contribution in [1.82, 2.24) is 5.32 Å². The molecule has 14 heavy (non-hydrogen) atoms. The third kappa shape index (κ3) is 2.95. The maximum absolute atomic E-state index is 10.1. The van der Waals surface area contributed by atoms with Crippen LogP contribution < -0.4 is 5.32 Å². The first-order valence-electron chi connectivity index (χ1n) is 4.03. The molecule has 0 fully saturated rings. The quantitative estimate of drug-likeness (QED) is 0.574. The van der Waals surface area contributed by atoms with Crippen LogP contribution in [0.5, 0.6) is 5.75 Å². The highest BCUT2D eigenvalue weighted by Gasteiger charge is 2.07. The number of rotatable bonds is 3. The minimum Gasteiger partial charge on any atom is -0.508 e. The van der Waals surface area contributed by atoms with Gasteiger partial charge in [-0.05, 0) is 17.7 Å². The van der Waals surface area contributed by atoms with Crippen LogP contribution in [0.1, 0.15) is 11.7 Å². The summed E-state index contributed by atoms with van der Waals surface area (Å²) in [4.78, 5) is 10.1. The Labute approximate surface area is 80.6 Å². The van der Waals surface area contributed by atoms with E-state index < -0.39 is 12.2 Å². The summed E-state index contributed by atoms with van der Waals surface area (Å²) in [6.45, 7) is -0.0693. The van der Waals surface area contributed by atoms with Gasteiger partial charge in [-0.15, -0.1) is 0 Å². The molecule has 0 radical (unpaired) electrons. The van der Waals surface area contributed by atoms with Crippen LogP contribution in [0.3, 0.4) is 0 Å². The summed E-state index contributed by atoms with van der Waals surface area (Å²) in [5, 5.41) is 28.8. The fourth-order valence-electron chi connectivity index (χ4n) is 0.998. The van der Waals surface area contributed by atoms with Crippen LogP contribution in [0.15, 0.2) is 24.3 Å². The number of carboxylic acid groups (broad SMARTS) is 1. The smallest absolute Gasteiger partial charge is 0.404 e. The van der Waals surface area contributed by atoms with Crippen LogP contribution in [0.4, 0.5) is 4.79 Å². The number of phenols is 1. The maximum Gasteiger partial charge on any atom is 0.404 e. The van der Waals surface area contributed by atoms with Gasteiger partial charge in [0.15, 0.2) is 0 Å². The van der Waals surface area contributed by atoms with Crippen LogP contribution >= 0.6 is 0 Å². The molecule has 0 aliphatic rings. The number of benzene rings is 1. The zero-order valence-electron chi connectivity index (χ0n) is 7.34. The molecule has 0 saturated heterocycles. The molecule has 76 valence electrons. The molecule has 5 heteroatoms. The number of hydrogen-bond donors (Lipinski definition) is 4. The molecule has 0 aliphatic carbocycles. The van der Waals surface area contributed by atoms with Crippen molar-refractivity contribution in [3.05, 3.63) is 29.8 Å². The van der Waals surface area contributed by atoms with Gasteiger partial charge in [-0.3, -0.25) is 0 Å². The number of carbonyl (C=O) groups is 1. The fraction of sp³-hybridized carbons (Fsp3) is 0.222. The average Bonchev–Trinajstić information content (AvgIpc) is 2.15. The summed E-state index contributed by atoms with van der Waals surface area (Å²) in [5.74, 6) is 0.104. The van der Waals surface area contributed by atoms with E-state index in [0.29, 0.717) is 5.56 Å². The molecule has 1 aromatic carbocycles. The van der Waals surface area contributed by atoms with E-state index in [1.807, 2.05) is 0 Å². The van der Waals surface area contributed by atoms with Gasteiger partial charge in [0.05, 0.1) is 12.6 Å². The van der Waals surface area contributed by atoms with Crippen molar-refractivity contribution < 1.29 is 20.1 Å². The van der Waals surface area contributed by atoms with Gasteiger partial charge in [0.2, 0.25) is 0 Å². The SMILES string of the molecule is O=C(O)NC[C@@H](O)c1ccc(O)cc1. The molecular weight excluding hydrogens is 186 g/mol. The van der Waals surface area contributed by atoms with E-state index in [9.17, 15) is 9.90 Å². The van der Waals surface area contributed by atoms with E-state index in [1.165, 1.54) is 24.3 Å². The van der Waals surface area contributed by atoms with Crippen molar-refractivity contribution in [3.63, 3.8) is 0 Å². The lowest BCUT2D eigenvalue weighted by molar-refractivity contribution is 0.159. The Morgan fingerprint density at radius 2 is 1.93 bits per heavy atom. The van der Waals surface area contributed by atoms with Gasteiger partial charge in [-0.1, -0.05) is 12.1 Å². The van der Waals surface area contributed by atoms with Crippen LogP contribution in [-0.2, 0) is 0 Å². The Kier molecular flexibility index (Phi) is 3.30. The first-order chi connectivity index (χ1) is 6.59. The molecule has 5 nitrogen and oxygen atoms in total. The van der Waals surface area contributed by atoms with Gasteiger partial charge in [-0.25, -0.2) is 4.79 Å². The van der Waals surface area contributed by atoms with Gasteiger partial charge in [0.25, 0.3) is 0 Å². The van der Waals surface area contributed by atoms with Crippen molar-refractivity contribution >= 4 is 6.09 Å². The Hall–Kier alpha value is -1.75. The summed E-state index contributed by atoms with van der Waals surface area (Å²) in [6, 6.07) is 5.92. The summed E-state index contributed by atoms with van der Waals surface area (Å²) in [5.41, 5.74) is 0.552. The summed E-state index contributed by atoms with van der Waals surface area (Å²) < 4.78 is 0. The van der Waals surface area contributed by atoms with Crippen molar-refractivity contribution in [2.75, 3.05) is 6.54 Å². The van der Waals surface area contributed by atoms with E-state index in [4.69, 9.17) is 10.2 Å². The summed E-state index contributed by atoms with van der Waals surface area (Å²) >= 11 is 0. The molecular formula is C9H11NO4. The van der Waals surface area contributed by atoms with Crippen LogP contribution in [0, 0.1) is 0 Å². The van der Waals surface area contributed by atoms with E-state index >= 15 is 0 Å². The number of hydrogen-bond acceptors (Lipinski definition) is 3. The normalized spacial score (nSPS) is 12.1. The topological polar surface area (TPSA) is 89.8 Å². The Bertz CT molecular complexity index is 309. The van der Waals surface area contributed by atoms with Gasteiger partial charge in [-0.2, -0.15) is 0 Å². The number of aliphatic hydroxyl groups excluding tert-OH is 1. The molecule has 1 rings (SSSR count). The highest BCUT2D eigenvalue weighted by molar-refractivity contribution is 5.64. The maximum atomic E-state index is 10.1. The average molecular weight is 197 g/mol. The van der Waals surface area contributed by atoms with Gasteiger partial charge < -0.3 is 20.6 Å². The van der Waals surface area contributed by atoms with Gasteiger partial charge in [0.1, 0.15) is 5.75 Å². The number of amides is 1. The molecule has 0 unspecified atom stereocenters. The first-order valence-corrected chi connectivity index (χ1v) is 4.03. The van der Waals surface area contributed by atoms with E-state index in [-0.39, 0.29) is 12.3 Å². The first kappa shape index (κ1) is 10.3. The van der Waals surface area contributed by atoms with Crippen LogP contribution in [-0.4, -0.2) is 28.0 Å². The number of aliphatic hydroxyl groups is 1. The molecule has 0 aromatic heterocycles. The highest BCUT2D eigenvalue weighted by Crippen LogP contribution is 2.15. The molecule has 0 spiro atoms. The Morgan fingerprint density at radius 3 is 2.43 bits per heavy atom. The molecule has 0 bridgehead atoms. The zero-order chi connectivity index (χ0) is 10.6. The lowest BCUT2D eigenvalue weighted by Crippen LogP contribution is -2.26. The van der Waals surface area contributed by atoms with Crippen molar-refractivity contribution in [2.24, 2.45) is 0 Å². The van der Waals surface area contributed by atoms with Crippen LogP contribution in [0.2, 0.25) is 0 Å². The number of phenolic OH excluding ortho intramolecular Hbond substituents is 1. The largest absolute Gasteiger partial charge is 0.508 e. The molecule has 1 atom stereocenters. The predicted octanol–water partition coefficient (Wildman–Crippen LogP) is 0.693. The monoisotopic (exact) mass is 197 g/mol. The molecule has 1 aromatic rings. The van der Waals surface area contributed by atoms with Gasteiger partial charge in [0, 0.05) is 0 Å². The molecule has 4 N–H and O–H groups in total. The summed E-state index contributed by atoms with van der Waals surface area (Å²) in [6.07, 6.45) is -2.07. The highest BCUT2D eigenvalue weighted by atomic mass is 16.4. The third-order valence-electron chi connectivity index (χ3n) is 1.72. The fourth-order valence-corrected chi connectivity index (χ4v) is 0.998. The lowest BCUT2D eigenvalue weighted by atomic mass is 10.1. The minimum absolute atomic E-state index is 0.0693. The molecule has 0 heterocycles. The van der Waals surface area contributed by atoms with Crippen LogP contribution in [0.25, 0.3) is 0 Å². The third-order valence-corrected chi connectivity index (χ3v) is 1.72. The second-order valence-corrected chi connectivity index (χ2v) is 2.79. The van der Waals surface area contributed by atoms with Crippen molar-refractivity contribution in [3.8, 4) is 5.75 Å². The van der Waals surface area contributed by atoms with E-state index in [2.05, 4.69) is 5.32 Å². The molecule has 0 aliphatic heterocycles. The number of aromatic hydroxyl groups is 1. The lowest BCUT2D eigenvalue weighted by Gasteiger charge is -2.10. The summed E-state index contributed by atoms with van der Waals surface area (Å²) in [7, 11) is 0. The standard InChI is InChI=1S/C9H11NO4/c11-7-3-1-6(2-4-7)8(12)5-10-9(13)14/h1-4,8,10-12H,5H2,(H,13,14)/t8-/m1/s1. The van der Waals surface area contributed by atoms with Gasteiger partial charge >= 0.3 is 6.09 Å². The molecule has 0 saturated carbocycles. The molecule has 1 amide bonds. The van der Waals surface area contributed by atoms with Crippen molar-refractivity contribution in [1.29, 1.82) is 0 Å². The Balaban J connectivity index is 2.56. The Morgan fingerprint density at radius 1 is 1.36 bits per heavy atom.